The lowest BCUT2D eigenvalue weighted by molar-refractivity contribution is 0.603. The molecule has 8 heteroatoms. The Bertz CT molecular complexity index is 851. The monoisotopic (exact) mass is 308 g/mol. The Balaban J connectivity index is 1.99. The van der Waals surface area contributed by atoms with Gasteiger partial charge in [0, 0.05) is 4.88 Å². The van der Waals surface area contributed by atoms with Crippen molar-refractivity contribution in [2.24, 2.45) is 0 Å². The van der Waals surface area contributed by atoms with Crippen LogP contribution in [-0.2, 0) is 16.4 Å². The van der Waals surface area contributed by atoms with Crippen LogP contribution in [0, 0.1) is 0 Å². The average Bonchev–Trinajstić information content (AvgIpc) is 3.08. The molecular formula is C12H12N4O2S2. The van der Waals surface area contributed by atoms with E-state index in [1.165, 1.54) is 11.3 Å². The topological polar surface area (TPSA) is 87.7 Å². The first-order chi connectivity index (χ1) is 9.60. The highest BCUT2D eigenvalue weighted by atomic mass is 32.2. The molecule has 0 aliphatic heterocycles. The molecule has 0 saturated carbocycles. The van der Waals surface area contributed by atoms with Crippen LogP contribution in [0.3, 0.4) is 0 Å². The fourth-order valence-electron chi connectivity index (χ4n) is 1.84. The van der Waals surface area contributed by atoms with Crippen LogP contribution in [0.2, 0.25) is 0 Å². The number of aromatic amines is 1. The van der Waals surface area contributed by atoms with Gasteiger partial charge in [0.15, 0.2) is 0 Å². The summed E-state index contributed by atoms with van der Waals surface area (Å²) in [6.45, 7) is 1.99. The molecule has 104 valence electrons. The van der Waals surface area contributed by atoms with Crippen molar-refractivity contribution in [1.82, 2.24) is 15.4 Å². The molecule has 3 aromatic rings. The number of H-pyrrole nitrogens is 1. The molecule has 1 aromatic carbocycles. The molecule has 0 aliphatic rings. The Morgan fingerprint density at radius 1 is 1.25 bits per heavy atom. The molecule has 0 fully saturated rings. The van der Waals surface area contributed by atoms with Gasteiger partial charge in [0.1, 0.15) is 15.2 Å². The number of nitrogens with one attached hydrogen (secondary N) is 2. The third kappa shape index (κ3) is 2.27. The van der Waals surface area contributed by atoms with Crippen molar-refractivity contribution in [2.75, 3.05) is 4.72 Å². The number of thiophene rings is 1. The number of para-hydroxylation sites is 1. The minimum absolute atomic E-state index is 0.301. The molecule has 0 bridgehead atoms. The van der Waals surface area contributed by atoms with Crippen LogP contribution in [-0.4, -0.2) is 23.8 Å². The van der Waals surface area contributed by atoms with E-state index in [1.807, 2.05) is 13.0 Å². The zero-order chi connectivity index (χ0) is 14.2. The molecule has 2 N–H and O–H groups in total. The lowest BCUT2D eigenvalue weighted by Crippen LogP contribution is -2.11. The first-order valence-electron chi connectivity index (χ1n) is 6.01. The number of fused-ring (bicyclic) bond motifs is 1. The Kier molecular flexibility index (Phi) is 3.19. The van der Waals surface area contributed by atoms with Gasteiger partial charge in [0.25, 0.3) is 10.0 Å². The maximum atomic E-state index is 12.3. The van der Waals surface area contributed by atoms with Crippen LogP contribution in [0.1, 0.15) is 11.8 Å². The Morgan fingerprint density at radius 2 is 2.10 bits per heavy atom. The van der Waals surface area contributed by atoms with Crippen molar-refractivity contribution < 1.29 is 8.42 Å². The summed E-state index contributed by atoms with van der Waals surface area (Å²) < 4.78 is 27.5. The summed E-state index contributed by atoms with van der Waals surface area (Å²) in [5, 5.41) is 10.4. The molecule has 0 radical (unpaired) electrons. The molecule has 20 heavy (non-hydrogen) atoms. The standard InChI is InChI=1S/C12H12N4O2S2/c1-2-8-6-7-11(19-8)20(17,18)15-10-5-3-4-9-12(10)14-16-13-9/h3-7,15H,2H2,1H3,(H,13,14,16). The molecule has 0 aliphatic carbocycles. The normalized spacial score (nSPS) is 11.8. The summed E-state index contributed by atoms with van der Waals surface area (Å²) in [5.74, 6) is 0. The second-order valence-corrected chi connectivity index (χ2v) is 7.25. The molecule has 2 heterocycles. The van der Waals surface area contributed by atoms with Crippen molar-refractivity contribution in [2.45, 2.75) is 17.6 Å². The van der Waals surface area contributed by atoms with Crippen molar-refractivity contribution >= 4 is 38.1 Å². The van der Waals surface area contributed by atoms with Gasteiger partial charge in [-0.2, -0.15) is 15.4 Å². The van der Waals surface area contributed by atoms with Gasteiger partial charge in [-0.3, -0.25) is 4.72 Å². The number of sulfonamides is 1. The maximum Gasteiger partial charge on any atom is 0.271 e. The first kappa shape index (κ1) is 13.1. The average molecular weight is 308 g/mol. The first-order valence-corrected chi connectivity index (χ1v) is 8.31. The molecule has 0 atom stereocenters. The molecule has 6 nitrogen and oxygen atoms in total. The van der Waals surface area contributed by atoms with E-state index >= 15 is 0 Å². The number of hydrogen-bond donors (Lipinski definition) is 2. The Hall–Kier alpha value is -1.93. The molecule has 0 saturated heterocycles. The molecule has 2 aromatic heterocycles. The van der Waals surface area contributed by atoms with Crippen LogP contribution >= 0.6 is 11.3 Å². The van der Waals surface area contributed by atoms with Crippen LogP contribution in [0.5, 0.6) is 0 Å². The number of nitrogens with zero attached hydrogens (tertiary/aromatic N) is 2. The molecule has 0 amide bonds. The van der Waals surface area contributed by atoms with Gasteiger partial charge in [-0.15, -0.1) is 11.3 Å². The van der Waals surface area contributed by atoms with Gasteiger partial charge < -0.3 is 0 Å². The third-order valence-electron chi connectivity index (χ3n) is 2.84. The third-order valence-corrected chi connectivity index (χ3v) is 5.93. The summed E-state index contributed by atoms with van der Waals surface area (Å²) >= 11 is 1.27. The predicted octanol–water partition coefficient (Wildman–Crippen LogP) is 2.38. The highest BCUT2D eigenvalue weighted by Crippen LogP contribution is 2.26. The quantitative estimate of drug-likeness (QED) is 0.774. The molecule has 0 unspecified atom stereocenters. The Morgan fingerprint density at radius 3 is 2.85 bits per heavy atom. The van der Waals surface area contributed by atoms with Gasteiger partial charge >= 0.3 is 0 Å². The minimum Gasteiger partial charge on any atom is -0.277 e. The molecule has 3 rings (SSSR count). The van der Waals surface area contributed by atoms with Gasteiger partial charge in [-0.05, 0) is 30.7 Å². The van der Waals surface area contributed by atoms with Crippen molar-refractivity contribution in [3.8, 4) is 0 Å². The van der Waals surface area contributed by atoms with Crippen molar-refractivity contribution in [3.05, 3.63) is 35.2 Å². The van der Waals surface area contributed by atoms with Crippen molar-refractivity contribution in [3.63, 3.8) is 0 Å². The summed E-state index contributed by atoms with van der Waals surface area (Å²) in [7, 11) is -3.59. The second kappa shape index (κ2) is 4.88. The van der Waals surface area contributed by atoms with E-state index in [0.717, 1.165) is 11.3 Å². The maximum absolute atomic E-state index is 12.3. The zero-order valence-corrected chi connectivity index (χ0v) is 12.3. The summed E-state index contributed by atoms with van der Waals surface area (Å²) in [4.78, 5) is 1.03. The summed E-state index contributed by atoms with van der Waals surface area (Å²) in [6.07, 6.45) is 0.819. The zero-order valence-electron chi connectivity index (χ0n) is 10.6. The summed E-state index contributed by atoms with van der Waals surface area (Å²) in [6, 6.07) is 8.60. The number of rotatable bonds is 4. The van der Waals surface area contributed by atoms with Crippen LogP contribution in [0.4, 0.5) is 5.69 Å². The predicted molar refractivity (Wildman–Crippen MR) is 78.4 cm³/mol. The van der Waals surface area contributed by atoms with Crippen LogP contribution in [0.25, 0.3) is 11.0 Å². The van der Waals surface area contributed by atoms with E-state index in [9.17, 15) is 8.42 Å². The second-order valence-electron chi connectivity index (χ2n) is 4.18. The Labute approximate surface area is 119 Å². The van der Waals surface area contributed by atoms with E-state index in [4.69, 9.17) is 0 Å². The van der Waals surface area contributed by atoms with E-state index in [0.29, 0.717) is 20.9 Å². The smallest absolute Gasteiger partial charge is 0.271 e. The lowest BCUT2D eigenvalue weighted by atomic mass is 10.3. The highest BCUT2D eigenvalue weighted by Gasteiger charge is 2.18. The number of aryl methyl sites for hydroxylation is 1. The fraction of sp³-hybridized carbons (Fsp3) is 0.167. The van der Waals surface area contributed by atoms with E-state index in [2.05, 4.69) is 20.1 Å². The number of aromatic nitrogens is 3. The SMILES string of the molecule is CCc1ccc(S(=O)(=O)Nc2cccc3n[nH]nc23)s1. The number of benzene rings is 1. The van der Waals surface area contributed by atoms with Crippen LogP contribution in [0.15, 0.2) is 34.5 Å². The minimum atomic E-state index is -3.59. The number of hydrogen-bond acceptors (Lipinski definition) is 5. The molecular weight excluding hydrogens is 296 g/mol. The fourth-order valence-corrected chi connectivity index (χ4v) is 4.20. The van der Waals surface area contributed by atoms with E-state index in [-0.39, 0.29) is 0 Å². The van der Waals surface area contributed by atoms with E-state index in [1.54, 1.807) is 24.3 Å². The molecule has 0 spiro atoms. The van der Waals surface area contributed by atoms with Gasteiger partial charge in [-0.1, -0.05) is 13.0 Å². The van der Waals surface area contributed by atoms with Crippen LogP contribution < -0.4 is 4.72 Å². The lowest BCUT2D eigenvalue weighted by Gasteiger charge is -2.06. The largest absolute Gasteiger partial charge is 0.277 e. The van der Waals surface area contributed by atoms with E-state index < -0.39 is 10.0 Å². The van der Waals surface area contributed by atoms with Gasteiger partial charge in [0.2, 0.25) is 0 Å². The highest BCUT2D eigenvalue weighted by molar-refractivity contribution is 7.94. The van der Waals surface area contributed by atoms with Gasteiger partial charge in [-0.25, -0.2) is 8.42 Å². The van der Waals surface area contributed by atoms with Gasteiger partial charge in [0.05, 0.1) is 5.69 Å². The summed E-state index contributed by atoms with van der Waals surface area (Å²) in [5.41, 5.74) is 1.54. The van der Waals surface area contributed by atoms with Crippen molar-refractivity contribution in [1.29, 1.82) is 0 Å². The number of anilines is 1.